The van der Waals surface area contributed by atoms with Crippen LogP contribution in [0, 0.1) is 13.8 Å². The number of hydrogen-bond donors (Lipinski definition) is 0. The fourth-order valence-electron chi connectivity index (χ4n) is 10.6. The van der Waals surface area contributed by atoms with Crippen molar-refractivity contribution in [1.29, 1.82) is 0 Å². The van der Waals surface area contributed by atoms with E-state index in [9.17, 15) is 26.3 Å². The first-order chi connectivity index (χ1) is 34.7. The third-order valence-electron chi connectivity index (χ3n) is 14.0. The Kier molecular flexibility index (Phi) is 9.76. The van der Waals surface area contributed by atoms with E-state index in [2.05, 4.69) is 83.3 Å². The minimum absolute atomic E-state index is 0.601. The molecule has 350 valence electrons. The molecule has 13 aromatic rings. The highest BCUT2D eigenvalue weighted by Crippen LogP contribution is 2.49. The molecule has 10 aromatic carbocycles. The number of aryl methyl sites for hydroxylation is 2. The van der Waals surface area contributed by atoms with Gasteiger partial charge < -0.3 is 14.2 Å². The van der Waals surface area contributed by atoms with Crippen LogP contribution in [0.15, 0.2) is 200 Å². The average molecular weight is 972 g/mol. The predicted molar refractivity (Wildman–Crippen MR) is 286 cm³/mol. The molecule has 0 bridgehead atoms. The van der Waals surface area contributed by atoms with E-state index in [0.717, 1.165) is 138 Å². The molecule has 0 aliphatic rings. The fraction of sp³-hybridized carbons (Fsp3) is 0.0645. The van der Waals surface area contributed by atoms with Gasteiger partial charge in [0.2, 0.25) is 0 Å². The van der Waals surface area contributed by atoms with Gasteiger partial charge >= 0.3 is 12.4 Å². The van der Waals surface area contributed by atoms with Gasteiger partial charge in [-0.2, -0.15) is 26.3 Å². The lowest BCUT2D eigenvalue weighted by molar-refractivity contribution is -0.138. The van der Waals surface area contributed by atoms with E-state index < -0.39 is 23.5 Å². The summed E-state index contributed by atoms with van der Waals surface area (Å²) in [5, 5.41) is 8.72. The Bertz CT molecular complexity index is 4230. The van der Waals surface area contributed by atoms with Crippen LogP contribution in [0.3, 0.4) is 0 Å². The minimum Gasteiger partial charge on any atom is -0.310 e. The normalized spacial score (nSPS) is 12.4. The van der Waals surface area contributed by atoms with Crippen molar-refractivity contribution in [1.82, 2.24) is 4.40 Å². The highest BCUT2D eigenvalue weighted by molar-refractivity contribution is 7.26. The predicted octanol–water partition coefficient (Wildman–Crippen LogP) is 19.6. The van der Waals surface area contributed by atoms with Gasteiger partial charge in [0.25, 0.3) is 0 Å². The molecule has 0 N–H and O–H groups in total. The number of rotatable bonds is 7. The van der Waals surface area contributed by atoms with E-state index in [1.165, 1.54) is 24.3 Å². The second-order valence-electron chi connectivity index (χ2n) is 18.6. The molecule has 0 saturated heterocycles. The summed E-state index contributed by atoms with van der Waals surface area (Å²) in [5.74, 6) is 0. The molecule has 72 heavy (non-hydrogen) atoms. The molecule has 0 spiro atoms. The number of thiophene rings is 1. The third kappa shape index (κ3) is 7.11. The second kappa shape index (κ2) is 16.1. The van der Waals surface area contributed by atoms with Crippen LogP contribution in [0.25, 0.3) is 80.2 Å². The van der Waals surface area contributed by atoms with Crippen LogP contribution in [-0.2, 0) is 12.4 Å². The Morgan fingerprint density at radius 2 is 0.875 bits per heavy atom. The summed E-state index contributed by atoms with van der Waals surface area (Å²) in [6, 6.07) is 63.1. The molecule has 3 aromatic heterocycles. The zero-order valence-electron chi connectivity index (χ0n) is 38.6. The van der Waals surface area contributed by atoms with E-state index in [1.54, 1.807) is 11.3 Å². The van der Waals surface area contributed by atoms with E-state index >= 15 is 0 Å². The smallest absolute Gasteiger partial charge is 0.310 e. The van der Waals surface area contributed by atoms with Gasteiger partial charge in [-0.3, -0.25) is 0 Å². The van der Waals surface area contributed by atoms with E-state index in [0.29, 0.717) is 11.4 Å². The van der Waals surface area contributed by atoms with Gasteiger partial charge in [0.05, 0.1) is 27.7 Å². The molecule has 3 nitrogen and oxygen atoms in total. The largest absolute Gasteiger partial charge is 0.416 e. The van der Waals surface area contributed by atoms with Crippen molar-refractivity contribution in [2.75, 3.05) is 9.80 Å². The molecule has 0 saturated carbocycles. The molecule has 0 aliphatic heterocycles. The fourth-order valence-corrected chi connectivity index (χ4v) is 11.7. The SMILES string of the molecule is Cc1ccc(N(c2ccc(C(F)(F)F)cc2)c2ccc3c(c2)sc2cc4ccc5c(c4cc23)c2cc(-c3ccccc3)cc3c4ccc(N(c6ccc(C)cc6)c6ccc(C(F)(F)F)cc6)cc4n5c32)cc1. The van der Waals surface area contributed by atoms with Crippen molar-refractivity contribution in [3.05, 3.63) is 222 Å². The molecular weight excluding hydrogens is 933 g/mol. The number of alkyl halides is 6. The lowest BCUT2D eigenvalue weighted by atomic mass is 9.96. The van der Waals surface area contributed by atoms with Crippen LogP contribution < -0.4 is 9.80 Å². The van der Waals surface area contributed by atoms with E-state index in [1.807, 2.05) is 96.4 Å². The maximum absolute atomic E-state index is 13.8. The van der Waals surface area contributed by atoms with Crippen molar-refractivity contribution >= 4 is 115 Å². The Balaban J connectivity index is 1.02. The summed E-state index contributed by atoms with van der Waals surface area (Å²) in [6.45, 7) is 4.01. The molecule has 0 atom stereocenters. The van der Waals surface area contributed by atoms with Gasteiger partial charge in [-0.05, 0) is 163 Å². The molecule has 0 fully saturated rings. The lowest BCUT2D eigenvalue weighted by Crippen LogP contribution is -2.11. The summed E-state index contributed by atoms with van der Waals surface area (Å²) in [6.07, 6.45) is -8.91. The quantitative estimate of drug-likeness (QED) is 0.147. The number of aromatic nitrogens is 1. The summed E-state index contributed by atoms with van der Waals surface area (Å²) >= 11 is 1.69. The minimum atomic E-state index is -4.47. The number of hydrogen-bond acceptors (Lipinski definition) is 3. The van der Waals surface area contributed by atoms with Crippen LogP contribution in [0.4, 0.5) is 60.5 Å². The van der Waals surface area contributed by atoms with E-state index in [4.69, 9.17) is 0 Å². The Morgan fingerprint density at radius 3 is 1.44 bits per heavy atom. The van der Waals surface area contributed by atoms with Gasteiger partial charge in [-0.25, -0.2) is 0 Å². The number of fused-ring (bicyclic) bond motifs is 11. The first-order valence-electron chi connectivity index (χ1n) is 23.4. The van der Waals surface area contributed by atoms with Gasteiger partial charge in [0, 0.05) is 75.8 Å². The summed E-state index contributed by atoms with van der Waals surface area (Å²) < 4.78 is 87.0. The van der Waals surface area contributed by atoms with Crippen molar-refractivity contribution in [2.45, 2.75) is 26.2 Å². The van der Waals surface area contributed by atoms with Crippen molar-refractivity contribution in [3.63, 3.8) is 0 Å². The monoisotopic (exact) mass is 971 g/mol. The molecule has 0 aliphatic carbocycles. The van der Waals surface area contributed by atoms with Gasteiger partial charge in [-0.1, -0.05) is 83.9 Å². The maximum atomic E-state index is 13.8. The maximum Gasteiger partial charge on any atom is 0.416 e. The van der Waals surface area contributed by atoms with Crippen LogP contribution in [0.2, 0.25) is 0 Å². The molecule has 10 heteroatoms. The molecule has 0 unspecified atom stereocenters. The average Bonchev–Trinajstić information content (AvgIpc) is 4.03. The zero-order chi connectivity index (χ0) is 49.2. The Labute approximate surface area is 413 Å². The summed E-state index contributed by atoms with van der Waals surface area (Å²) in [4.78, 5) is 4.00. The zero-order valence-corrected chi connectivity index (χ0v) is 39.4. The summed E-state index contributed by atoms with van der Waals surface area (Å²) in [5.41, 5.74) is 10.5. The number of nitrogens with zero attached hydrogens (tertiary/aromatic N) is 3. The Hall–Kier alpha value is -8.34. The van der Waals surface area contributed by atoms with Gasteiger partial charge in [-0.15, -0.1) is 11.3 Å². The van der Waals surface area contributed by atoms with Crippen LogP contribution >= 0.6 is 11.3 Å². The number of anilines is 6. The van der Waals surface area contributed by atoms with Gasteiger partial charge in [0.15, 0.2) is 0 Å². The van der Waals surface area contributed by atoms with Crippen LogP contribution in [0.5, 0.6) is 0 Å². The molecule has 3 heterocycles. The van der Waals surface area contributed by atoms with Crippen molar-refractivity contribution < 1.29 is 26.3 Å². The first-order valence-corrected chi connectivity index (χ1v) is 24.3. The molecule has 13 rings (SSSR count). The molecule has 0 amide bonds. The number of halogens is 6. The Morgan fingerprint density at radius 1 is 0.375 bits per heavy atom. The van der Waals surface area contributed by atoms with Crippen LogP contribution in [0.1, 0.15) is 22.3 Å². The van der Waals surface area contributed by atoms with E-state index in [-0.39, 0.29) is 0 Å². The molecule has 0 radical (unpaired) electrons. The standard InChI is InChI=1S/C62H39F6N3S/c1-36-8-17-43(18-9-36)69(45-21-13-41(14-22-45)61(63,64)65)47-25-27-49-53-30-40(38-6-4-3-5-7-38)31-54-59-51-35-52-50-28-26-48(70(44-19-10-37(2)11-20-44)46-23-15-42(16-24-46)62(66,67)68)34-58(50)72-57(52)32-39(51)12-29-55(59)71(60(53)54)56(49)33-47/h3-35H,1-2H3. The number of benzene rings is 10. The lowest BCUT2D eigenvalue weighted by Gasteiger charge is -2.26. The van der Waals surface area contributed by atoms with Crippen molar-refractivity contribution in [3.8, 4) is 11.1 Å². The second-order valence-corrected chi connectivity index (χ2v) is 19.6. The highest BCUT2D eigenvalue weighted by Gasteiger charge is 2.32. The highest BCUT2D eigenvalue weighted by atomic mass is 32.1. The van der Waals surface area contributed by atoms with Crippen LogP contribution in [-0.4, -0.2) is 4.40 Å². The summed E-state index contributed by atoms with van der Waals surface area (Å²) in [7, 11) is 0. The first kappa shape index (κ1) is 43.7. The van der Waals surface area contributed by atoms with Crippen molar-refractivity contribution in [2.24, 2.45) is 0 Å². The topological polar surface area (TPSA) is 10.9 Å². The molecular formula is C62H39F6N3S. The van der Waals surface area contributed by atoms with Gasteiger partial charge in [0.1, 0.15) is 0 Å². The third-order valence-corrected chi connectivity index (χ3v) is 15.2.